The average Bonchev–Trinajstić information content (AvgIpc) is 3.38. The van der Waals surface area contributed by atoms with Gasteiger partial charge in [-0.15, -0.1) is 11.3 Å². The van der Waals surface area contributed by atoms with E-state index in [1.807, 2.05) is 37.3 Å². The number of nitrogens with one attached hydrogen (secondary N) is 3. The minimum Gasteiger partial charge on any atom is -0.459 e. The molecule has 1 amide bonds. The summed E-state index contributed by atoms with van der Waals surface area (Å²) in [6.45, 7) is 3.84. The van der Waals surface area contributed by atoms with Gasteiger partial charge in [-0.3, -0.25) is 9.79 Å². The average molecular weight is 401 g/mol. The lowest BCUT2D eigenvalue weighted by atomic mass is 10.2. The summed E-state index contributed by atoms with van der Waals surface area (Å²) < 4.78 is 6.20. The maximum absolute atomic E-state index is 11.8. The highest BCUT2D eigenvalue weighted by atomic mass is 32.1. The molecule has 0 fully saturated rings. The van der Waals surface area contributed by atoms with E-state index in [4.69, 9.17) is 4.42 Å². The van der Waals surface area contributed by atoms with Crippen molar-refractivity contribution in [2.75, 3.05) is 26.2 Å². The van der Waals surface area contributed by atoms with Gasteiger partial charge in [0.25, 0.3) is 5.91 Å². The first-order valence-corrected chi connectivity index (χ1v) is 9.99. The number of hydrogen-bond acceptors (Lipinski definition) is 5. The van der Waals surface area contributed by atoms with Crippen LogP contribution in [0.15, 0.2) is 58.1 Å². The van der Waals surface area contributed by atoms with Crippen molar-refractivity contribution in [3.8, 4) is 0 Å². The van der Waals surface area contributed by atoms with Gasteiger partial charge in [0.1, 0.15) is 6.10 Å². The second kappa shape index (κ2) is 9.91. The first kappa shape index (κ1) is 19.9. The number of aliphatic imine (C=N–C) groups is 1. The molecule has 1 atom stereocenters. The molecule has 28 heavy (non-hydrogen) atoms. The number of hydrogen-bond donors (Lipinski definition) is 4. The molecule has 0 aliphatic carbocycles. The Morgan fingerprint density at radius 2 is 2.00 bits per heavy atom. The van der Waals surface area contributed by atoms with Crippen LogP contribution in [0.4, 0.5) is 0 Å². The highest BCUT2D eigenvalue weighted by molar-refractivity contribution is 7.19. The molecule has 3 rings (SSSR count). The number of amides is 1. The molecule has 7 nitrogen and oxygen atoms in total. The Balaban J connectivity index is 1.49. The normalized spacial score (nSPS) is 12.7. The molecule has 4 N–H and O–H groups in total. The van der Waals surface area contributed by atoms with Crippen molar-refractivity contribution in [3.05, 3.63) is 59.4 Å². The van der Waals surface area contributed by atoms with Crippen molar-refractivity contribution in [1.82, 2.24) is 16.0 Å². The van der Waals surface area contributed by atoms with Gasteiger partial charge in [0, 0.05) is 29.2 Å². The van der Waals surface area contributed by atoms with Crippen molar-refractivity contribution in [3.63, 3.8) is 0 Å². The Morgan fingerprint density at radius 1 is 1.18 bits per heavy atom. The molecule has 8 heteroatoms. The third-order valence-electron chi connectivity index (χ3n) is 3.99. The molecular weight excluding hydrogens is 376 g/mol. The summed E-state index contributed by atoms with van der Waals surface area (Å²) in [7, 11) is 0. The molecule has 0 bridgehead atoms. The third-order valence-corrected chi connectivity index (χ3v) is 5.20. The molecule has 1 aromatic carbocycles. The Hall–Kier alpha value is -2.84. The molecule has 3 aromatic rings. The van der Waals surface area contributed by atoms with Crippen molar-refractivity contribution < 1.29 is 14.3 Å². The molecular formula is C20H24N4O3S. The lowest BCUT2D eigenvalue weighted by molar-refractivity contribution is 0.0926. The van der Waals surface area contributed by atoms with Gasteiger partial charge in [-0.25, -0.2) is 0 Å². The van der Waals surface area contributed by atoms with E-state index in [1.54, 1.807) is 23.5 Å². The third kappa shape index (κ3) is 5.34. The molecule has 0 saturated carbocycles. The molecule has 0 spiro atoms. The van der Waals surface area contributed by atoms with Gasteiger partial charge in [-0.1, -0.05) is 18.2 Å². The number of aliphatic hydroxyl groups excluding tert-OH is 1. The van der Waals surface area contributed by atoms with E-state index in [1.165, 1.54) is 6.26 Å². The molecule has 0 aliphatic heterocycles. The van der Waals surface area contributed by atoms with E-state index in [0.717, 1.165) is 15.0 Å². The summed E-state index contributed by atoms with van der Waals surface area (Å²) in [5, 5.41) is 20.6. The van der Waals surface area contributed by atoms with Crippen LogP contribution in [-0.2, 0) is 0 Å². The van der Waals surface area contributed by atoms with Crippen LogP contribution < -0.4 is 16.0 Å². The fourth-order valence-corrected chi connectivity index (χ4v) is 3.67. The summed E-state index contributed by atoms with van der Waals surface area (Å²) in [5.74, 6) is 0.621. The van der Waals surface area contributed by atoms with Crippen molar-refractivity contribution in [1.29, 1.82) is 0 Å². The van der Waals surface area contributed by atoms with Crippen LogP contribution >= 0.6 is 11.3 Å². The second-order valence-corrected chi connectivity index (χ2v) is 7.20. The molecule has 2 heterocycles. The molecule has 1 unspecified atom stereocenters. The van der Waals surface area contributed by atoms with Gasteiger partial charge < -0.3 is 25.5 Å². The van der Waals surface area contributed by atoms with Gasteiger partial charge in [-0.05, 0) is 36.6 Å². The first-order valence-electron chi connectivity index (χ1n) is 9.17. The number of aliphatic hydroxyl groups is 1. The van der Waals surface area contributed by atoms with Gasteiger partial charge in [-0.2, -0.15) is 0 Å². The quantitative estimate of drug-likeness (QED) is 0.265. The van der Waals surface area contributed by atoms with Gasteiger partial charge >= 0.3 is 0 Å². The van der Waals surface area contributed by atoms with Crippen LogP contribution in [0.1, 0.15) is 28.5 Å². The Bertz CT molecular complexity index is 888. The lowest BCUT2D eigenvalue weighted by Crippen LogP contribution is -2.41. The number of guanidine groups is 1. The predicted octanol–water partition coefficient (Wildman–Crippen LogP) is 2.51. The van der Waals surface area contributed by atoms with Crippen LogP contribution in [-0.4, -0.2) is 43.2 Å². The maximum Gasteiger partial charge on any atom is 0.287 e. The minimum absolute atomic E-state index is 0.251. The summed E-state index contributed by atoms with van der Waals surface area (Å²) in [6, 6.07) is 13.3. The number of nitrogens with zero attached hydrogens (tertiary/aromatic N) is 1. The number of thiophene rings is 1. The SMILES string of the molecule is CCNC(=NCC(O)c1cc2ccccc2s1)NCCNC(=O)c1ccco1. The zero-order valence-electron chi connectivity index (χ0n) is 15.6. The van der Waals surface area contributed by atoms with E-state index in [2.05, 4.69) is 20.9 Å². The molecule has 0 saturated heterocycles. The number of benzene rings is 1. The summed E-state index contributed by atoms with van der Waals surface area (Å²) in [6.07, 6.45) is 0.803. The smallest absolute Gasteiger partial charge is 0.287 e. The van der Waals surface area contributed by atoms with E-state index >= 15 is 0 Å². The molecule has 0 aliphatic rings. The zero-order chi connectivity index (χ0) is 19.8. The van der Waals surface area contributed by atoms with Crippen LogP contribution in [0, 0.1) is 0 Å². The van der Waals surface area contributed by atoms with Crippen molar-refractivity contribution >= 4 is 33.3 Å². The summed E-state index contributed by atoms with van der Waals surface area (Å²) >= 11 is 1.58. The van der Waals surface area contributed by atoms with Crippen molar-refractivity contribution in [2.45, 2.75) is 13.0 Å². The number of carbonyl (C=O) groups is 1. The first-order chi connectivity index (χ1) is 13.7. The maximum atomic E-state index is 11.8. The van der Waals surface area contributed by atoms with Crippen molar-refractivity contribution in [2.24, 2.45) is 4.99 Å². The van der Waals surface area contributed by atoms with E-state index in [-0.39, 0.29) is 18.2 Å². The fourth-order valence-electron chi connectivity index (χ4n) is 2.63. The Labute approximate surface area is 167 Å². The van der Waals surface area contributed by atoms with Gasteiger partial charge in [0.15, 0.2) is 11.7 Å². The zero-order valence-corrected chi connectivity index (χ0v) is 16.5. The van der Waals surface area contributed by atoms with E-state index in [9.17, 15) is 9.90 Å². The molecule has 2 aromatic heterocycles. The minimum atomic E-state index is -0.661. The Morgan fingerprint density at radius 3 is 2.75 bits per heavy atom. The summed E-state index contributed by atoms with van der Waals surface area (Å²) in [4.78, 5) is 17.2. The number of fused-ring (bicyclic) bond motifs is 1. The second-order valence-electron chi connectivity index (χ2n) is 6.08. The van der Waals surface area contributed by atoms with Crippen LogP contribution in [0.25, 0.3) is 10.1 Å². The lowest BCUT2D eigenvalue weighted by Gasteiger charge is -2.13. The molecule has 0 radical (unpaired) electrons. The monoisotopic (exact) mass is 400 g/mol. The van der Waals surface area contributed by atoms with E-state index in [0.29, 0.717) is 25.6 Å². The van der Waals surface area contributed by atoms with Crippen LogP contribution in [0.2, 0.25) is 0 Å². The topological polar surface area (TPSA) is 98.9 Å². The van der Waals surface area contributed by atoms with Crippen LogP contribution in [0.3, 0.4) is 0 Å². The Kier molecular flexibility index (Phi) is 7.05. The summed E-state index contributed by atoms with van der Waals surface area (Å²) in [5.41, 5.74) is 0. The largest absolute Gasteiger partial charge is 0.459 e. The predicted molar refractivity (Wildman–Crippen MR) is 112 cm³/mol. The van der Waals surface area contributed by atoms with Gasteiger partial charge in [0.2, 0.25) is 0 Å². The fraction of sp³-hybridized carbons (Fsp3) is 0.300. The molecule has 148 valence electrons. The highest BCUT2D eigenvalue weighted by Gasteiger charge is 2.11. The van der Waals surface area contributed by atoms with E-state index < -0.39 is 6.10 Å². The number of carbonyl (C=O) groups excluding carboxylic acids is 1. The standard InChI is InChI=1S/C20H24N4O3S/c1-2-21-20(23-10-9-22-19(26)16-7-5-11-27-16)24-13-15(25)18-12-14-6-3-4-8-17(14)28-18/h3-8,11-12,15,25H,2,9-10,13H2,1H3,(H,22,26)(H2,21,23,24). The van der Waals surface area contributed by atoms with Crippen LogP contribution in [0.5, 0.6) is 0 Å². The highest BCUT2D eigenvalue weighted by Crippen LogP contribution is 2.29. The number of rotatable bonds is 8. The van der Waals surface area contributed by atoms with Gasteiger partial charge in [0.05, 0.1) is 12.8 Å². The number of furan rings is 1.